The number of benzene rings is 2. The molecule has 2 aromatic rings. The van der Waals surface area contributed by atoms with Gasteiger partial charge in [-0.2, -0.15) is 0 Å². The Morgan fingerprint density at radius 1 is 1.00 bits per heavy atom. The number of rotatable bonds is 2. The van der Waals surface area contributed by atoms with Gasteiger partial charge in [-0.05, 0) is 35.6 Å². The first-order valence-electron chi connectivity index (χ1n) is 6.65. The van der Waals surface area contributed by atoms with Crippen LogP contribution < -0.4 is 4.74 Å². The molecule has 1 aliphatic heterocycles. The summed E-state index contributed by atoms with van der Waals surface area (Å²) in [6.45, 7) is 3.11. The van der Waals surface area contributed by atoms with E-state index in [4.69, 9.17) is 4.74 Å². The van der Waals surface area contributed by atoms with E-state index in [-0.39, 0.29) is 0 Å². The van der Waals surface area contributed by atoms with Crippen molar-refractivity contribution in [3.05, 3.63) is 65.2 Å². The second kappa shape index (κ2) is 4.85. The van der Waals surface area contributed by atoms with Crippen LogP contribution in [-0.4, -0.2) is 6.61 Å². The number of fused-ring (bicyclic) bond motifs is 1. The molecular formula is C17H18O. The first-order valence-corrected chi connectivity index (χ1v) is 6.65. The fourth-order valence-electron chi connectivity index (χ4n) is 2.56. The summed E-state index contributed by atoms with van der Waals surface area (Å²) in [5.74, 6) is 1.50. The van der Waals surface area contributed by atoms with Crippen LogP contribution in [0.5, 0.6) is 5.75 Å². The van der Waals surface area contributed by atoms with Gasteiger partial charge in [0, 0.05) is 5.92 Å². The van der Waals surface area contributed by atoms with Gasteiger partial charge in [0.15, 0.2) is 0 Å². The maximum Gasteiger partial charge on any atom is 0.122 e. The summed E-state index contributed by atoms with van der Waals surface area (Å²) >= 11 is 0. The van der Waals surface area contributed by atoms with E-state index in [1.165, 1.54) is 16.7 Å². The molecule has 1 heteroatoms. The van der Waals surface area contributed by atoms with E-state index in [1.54, 1.807) is 0 Å². The van der Waals surface area contributed by atoms with Crippen LogP contribution in [0.15, 0.2) is 48.5 Å². The Hall–Kier alpha value is -1.76. The molecule has 18 heavy (non-hydrogen) atoms. The summed E-state index contributed by atoms with van der Waals surface area (Å²) in [5, 5.41) is 0. The maximum atomic E-state index is 5.75. The van der Waals surface area contributed by atoms with Crippen LogP contribution in [0, 0.1) is 0 Å². The molecule has 0 fully saturated rings. The van der Waals surface area contributed by atoms with Gasteiger partial charge in [0.25, 0.3) is 0 Å². The normalized spacial score (nSPS) is 15.6. The maximum absolute atomic E-state index is 5.75. The van der Waals surface area contributed by atoms with Crippen LogP contribution in [0.25, 0.3) is 0 Å². The van der Waals surface area contributed by atoms with E-state index in [0.29, 0.717) is 5.92 Å². The van der Waals surface area contributed by atoms with Crippen LogP contribution in [0.4, 0.5) is 0 Å². The van der Waals surface area contributed by atoms with Crippen molar-refractivity contribution in [1.82, 2.24) is 0 Å². The van der Waals surface area contributed by atoms with Crippen LogP contribution in [0.3, 0.4) is 0 Å². The first kappa shape index (κ1) is 11.3. The Balaban J connectivity index is 1.93. The summed E-state index contributed by atoms with van der Waals surface area (Å²) in [6, 6.07) is 17.3. The number of aryl methyl sites for hydroxylation is 1. The average Bonchev–Trinajstić information content (AvgIpc) is 2.47. The molecule has 0 spiro atoms. The van der Waals surface area contributed by atoms with Crippen molar-refractivity contribution in [2.75, 3.05) is 6.61 Å². The van der Waals surface area contributed by atoms with Gasteiger partial charge in [-0.15, -0.1) is 0 Å². The smallest absolute Gasteiger partial charge is 0.122 e. The summed E-state index contributed by atoms with van der Waals surface area (Å²) in [7, 11) is 0. The molecule has 0 aromatic heterocycles. The Morgan fingerprint density at radius 3 is 2.67 bits per heavy atom. The summed E-state index contributed by atoms with van der Waals surface area (Å²) < 4.78 is 5.75. The molecule has 1 atom stereocenters. The van der Waals surface area contributed by atoms with Crippen molar-refractivity contribution in [3.63, 3.8) is 0 Å². The van der Waals surface area contributed by atoms with Crippen molar-refractivity contribution >= 4 is 0 Å². The largest absolute Gasteiger partial charge is 0.493 e. The lowest BCUT2D eigenvalue weighted by Gasteiger charge is -2.20. The minimum absolute atomic E-state index is 0.419. The molecule has 0 amide bonds. The van der Waals surface area contributed by atoms with Crippen LogP contribution in [-0.2, 0) is 6.42 Å². The Kier molecular flexibility index (Phi) is 3.06. The topological polar surface area (TPSA) is 9.23 Å². The fourth-order valence-corrected chi connectivity index (χ4v) is 2.56. The molecule has 0 aliphatic carbocycles. The molecule has 1 aliphatic rings. The zero-order chi connectivity index (χ0) is 12.4. The molecule has 1 nitrogen and oxygen atoms in total. The second-order valence-corrected chi connectivity index (χ2v) is 4.95. The van der Waals surface area contributed by atoms with Crippen molar-refractivity contribution in [1.29, 1.82) is 0 Å². The SMILES string of the molecule is CC(c1ccccc1)c1ccc2c(c1)OCCC2. The van der Waals surface area contributed by atoms with Crippen LogP contribution >= 0.6 is 0 Å². The zero-order valence-electron chi connectivity index (χ0n) is 10.7. The minimum atomic E-state index is 0.419. The van der Waals surface area contributed by atoms with Gasteiger partial charge in [0.1, 0.15) is 5.75 Å². The van der Waals surface area contributed by atoms with E-state index < -0.39 is 0 Å². The molecule has 0 radical (unpaired) electrons. The molecule has 1 unspecified atom stereocenters. The van der Waals surface area contributed by atoms with E-state index in [9.17, 15) is 0 Å². The Morgan fingerprint density at radius 2 is 1.83 bits per heavy atom. The number of hydrogen-bond donors (Lipinski definition) is 0. The van der Waals surface area contributed by atoms with Gasteiger partial charge in [-0.3, -0.25) is 0 Å². The third-order valence-electron chi connectivity index (χ3n) is 3.74. The number of ether oxygens (including phenoxy) is 1. The minimum Gasteiger partial charge on any atom is -0.493 e. The Bertz CT molecular complexity index is 531. The highest BCUT2D eigenvalue weighted by atomic mass is 16.5. The third kappa shape index (κ3) is 2.13. The fraction of sp³-hybridized carbons (Fsp3) is 0.294. The Labute approximate surface area is 108 Å². The highest BCUT2D eigenvalue weighted by Crippen LogP contribution is 2.31. The van der Waals surface area contributed by atoms with Crippen molar-refractivity contribution in [2.24, 2.45) is 0 Å². The lowest BCUT2D eigenvalue weighted by atomic mass is 9.91. The predicted molar refractivity (Wildman–Crippen MR) is 74.2 cm³/mol. The molecule has 92 valence electrons. The van der Waals surface area contributed by atoms with Crippen LogP contribution in [0.2, 0.25) is 0 Å². The second-order valence-electron chi connectivity index (χ2n) is 4.95. The number of hydrogen-bond acceptors (Lipinski definition) is 1. The van der Waals surface area contributed by atoms with Crippen molar-refractivity contribution in [3.8, 4) is 5.75 Å². The predicted octanol–water partition coefficient (Wildman–Crippen LogP) is 4.16. The first-order chi connectivity index (χ1) is 8.84. The van der Waals surface area contributed by atoms with Gasteiger partial charge in [0.05, 0.1) is 6.61 Å². The molecule has 0 saturated carbocycles. The van der Waals surface area contributed by atoms with E-state index in [2.05, 4.69) is 55.5 Å². The summed E-state index contributed by atoms with van der Waals surface area (Å²) in [6.07, 6.45) is 2.29. The molecule has 0 saturated heterocycles. The van der Waals surface area contributed by atoms with Gasteiger partial charge in [-0.1, -0.05) is 49.4 Å². The van der Waals surface area contributed by atoms with Gasteiger partial charge in [-0.25, -0.2) is 0 Å². The van der Waals surface area contributed by atoms with Crippen molar-refractivity contribution < 1.29 is 4.74 Å². The van der Waals surface area contributed by atoms with Gasteiger partial charge in [0.2, 0.25) is 0 Å². The third-order valence-corrected chi connectivity index (χ3v) is 3.74. The van der Waals surface area contributed by atoms with Crippen LogP contribution in [0.1, 0.15) is 36.0 Å². The van der Waals surface area contributed by atoms with Gasteiger partial charge >= 0.3 is 0 Å². The molecule has 1 heterocycles. The molecule has 2 aromatic carbocycles. The van der Waals surface area contributed by atoms with E-state index in [0.717, 1.165) is 25.2 Å². The van der Waals surface area contributed by atoms with E-state index in [1.807, 2.05) is 0 Å². The molecule has 0 bridgehead atoms. The summed E-state index contributed by atoms with van der Waals surface area (Å²) in [4.78, 5) is 0. The highest BCUT2D eigenvalue weighted by Gasteiger charge is 2.14. The quantitative estimate of drug-likeness (QED) is 0.763. The highest BCUT2D eigenvalue weighted by molar-refractivity contribution is 5.42. The van der Waals surface area contributed by atoms with Gasteiger partial charge < -0.3 is 4.74 Å². The van der Waals surface area contributed by atoms with Crippen molar-refractivity contribution in [2.45, 2.75) is 25.7 Å². The molecular weight excluding hydrogens is 220 g/mol. The average molecular weight is 238 g/mol. The summed E-state index contributed by atoms with van der Waals surface area (Å²) in [5.41, 5.74) is 4.04. The molecule has 0 N–H and O–H groups in total. The molecule has 3 rings (SSSR count). The van der Waals surface area contributed by atoms with E-state index >= 15 is 0 Å². The standard InChI is InChI=1S/C17H18O/c1-13(14-6-3-2-4-7-14)16-10-9-15-8-5-11-18-17(15)12-16/h2-4,6-7,9-10,12-13H,5,8,11H2,1H3. The monoisotopic (exact) mass is 238 g/mol. The lowest BCUT2D eigenvalue weighted by molar-refractivity contribution is 0.288. The lowest BCUT2D eigenvalue weighted by Crippen LogP contribution is -2.09. The zero-order valence-corrected chi connectivity index (χ0v) is 10.7.